The van der Waals surface area contributed by atoms with Gasteiger partial charge in [-0.2, -0.15) is 0 Å². The van der Waals surface area contributed by atoms with Crippen molar-refractivity contribution in [3.8, 4) is 0 Å². The Hall–Kier alpha value is -0.420. The van der Waals surface area contributed by atoms with Crippen molar-refractivity contribution in [1.82, 2.24) is 10.2 Å². The third-order valence-corrected chi connectivity index (χ3v) is 4.58. The maximum absolute atomic E-state index is 6.06. The average Bonchev–Trinajstić information content (AvgIpc) is 2.49. The number of allylic oxidation sites excluding steroid dienone is 1. The second-order valence-electron chi connectivity index (χ2n) is 6.50. The third kappa shape index (κ3) is 5.70. The molecule has 0 unspecified atom stereocenters. The minimum atomic E-state index is 0.290. The lowest BCUT2D eigenvalue weighted by molar-refractivity contribution is -0.0523. The highest BCUT2D eigenvalue weighted by atomic mass is 16.5. The Morgan fingerprint density at radius 1 is 1.29 bits per heavy atom. The summed E-state index contributed by atoms with van der Waals surface area (Å²) in [6.45, 7) is 12.4. The van der Waals surface area contributed by atoms with E-state index < -0.39 is 0 Å². The van der Waals surface area contributed by atoms with Crippen LogP contribution in [-0.2, 0) is 9.47 Å². The Morgan fingerprint density at radius 3 is 2.71 bits per heavy atom. The van der Waals surface area contributed by atoms with Crippen LogP contribution in [0.2, 0.25) is 0 Å². The Morgan fingerprint density at radius 2 is 2.05 bits per heavy atom. The minimum Gasteiger partial charge on any atom is -0.380 e. The molecule has 0 aromatic heterocycles. The number of nitrogens with one attached hydrogen (secondary N) is 1. The first-order chi connectivity index (χ1) is 10.2. The van der Waals surface area contributed by atoms with Gasteiger partial charge in [-0.15, -0.1) is 0 Å². The van der Waals surface area contributed by atoms with Crippen LogP contribution in [0.15, 0.2) is 11.6 Å². The summed E-state index contributed by atoms with van der Waals surface area (Å²) in [5, 5.41) is 3.79. The summed E-state index contributed by atoms with van der Waals surface area (Å²) in [5.74, 6) is 0. The molecule has 21 heavy (non-hydrogen) atoms. The first-order valence-corrected chi connectivity index (χ1v) is 8.50. The van der Waals surface area contributed by atoms with Crippen LogP contribution < -0.4 is 5.32 Å². The summed E-state index contributed by atoms with van der Waals surface area (Å²) in [7, 11) is 0. The van der Waals surface area contributed by atoms with E-state index in [0.717, 1.165) is 26.2 Å². The standard InChI is InChI=1S/C17H32N2O2/c1-4-19-9-5-15(6-10-19)18-16-13-20-11-8-17(16)21-12-7-14(2)3/h7,15-18H,4-6,8-13H2,1-3H3/t16-,17+/m1/s1. The molecule has 122 valence electrons. The summed E-state index contributed by atoms with van der Waals surface area (Å²) in [5.41, 5.74) is 1.32. The molecular weight excluding hydrogens is 264 g/mol. The average molecular weight is 296 g/mol. The molecule has 1 N–H and O–H groups in total. The Labute approximate surface area is 129 Å². The van der Waals surface area contributed by atoms with Crippen molar-refractivity contribution in [2.75, 3.05) is 39.5 Å². The van der Waals surface area contributed by atoms with Crippen molar-refractivity contribution >= 4 is 0 Å². The normalized spacial score (nSPS) is 28.5. The zero-order valence-electron chi connectivity index (χ0n) is 13.9. The first-order valence-electron chi connectivity index (χ1n) is 8.50. The number of ether oxygens (including phenoxy) is 2. The second kappa shape index (κ2) is 8.89. The number of rotatable bonds is 6. The Balaban J connectivity index is 1.77. The zero-order chi connectivity index (χ0) is 15.1. The fourth-order valence-electron chi connectivity index (χ4n) is 3.13. The molecule has 0 saturated carbocycles. The van der Waals surface area contributed by atoms with Gasteiger partial charge in [0.25, 0.3) is 0 Å². The van der Waals surface area contributed by atoms with Gasteiger partial charge >= 0.3 is 0 Å². The van der Waals surface area contributed by atoms with Crippen molar-refractivity contribution in [2.45, 2.75) is 58.2 Å². The van der Waals surface area contributed by atoms with E-state index in [0.29, 0.717) is 18.2 Å². The predicted molar refractivity (Wildman–Crippen MR) is 86.7 cm³/mol. The molecule has 0 aromatic rings. The Bertz CT molecular complexity index is 321. The number of likely N-dealkylation sites (tertiary alicyclic amines) is 1. The number of nitrogens with zero attached hydrogens (tertiary/aromatic N) is 1. The van der Waals surface area contributed by atoms with Gasteiger partial charge in [-0.1, -0.05) is 18.6 Å². The lowest BCUT2D eigenvalue weighted by Crippen LogP contribution is -2.54. The predicted octanol–water partition coefficient (Wildman–Crippen LogP) is 2.20. The molecule has 2 saturated heterocycles. The molecule has 2 heterocycles. The highest BCUT2D eigenvalue weighted by Gasteiger charge is 2.29. The van der Waals surface area contributed by atoms with E-state index in [1.54, 1.807) is 0 Å². The summed E-state index contributed by atoms with van der Waals surface area (Å²) in [6, 6.07) is 0.969. The molecule has 0 aromatic carbocycles. The van der Waals surface area contributed by atoms with Gasteiger partial charge in [-0.25, -0.2) is 0 Å². The number of hydrogen-bond donors (Lipinski definition) is 1. The van der Waals surface area contributed by atoms with Crippen molar-refractivity contribution in [1.29, 1.82) is 0 Å². The van der Waals surface area contributed by atoms with Gasteiger partial charge in [-0.05, 0) is 52.7 Å². The van der Waals surface area contributed by atoms with E-state index in [1.807, 2.05) is 0 Å². The van der Waals surface area contributed by atoms with Gasteiger partial charge in [0.15, 0.2) is 0 Å². The van der Waals surface area contributed by atoms with Crippen LogP contribution in [-0.4, -0.2) is 62.5 Å². The lowest BCUT2D eigenvalue weighted by atomic mass is 10.0. The highest BCUT2D eigenvalue weighted by Crippen LogP contribution is 2.16. The van der Waals surface area contributed by atoms with Crippen LogP contribution in [0.1, 0.15) is 40.0 Å². The minimum absolute atomic E-state index is 0.290. The van der Waals surface area contributed by atoms with Crippen LogP contribution in [0.3, 0.4) is 0 Å². The van der Waals surface area contributed by atoms with E-state index >= 15 is 0 Å². The fourth-order valence-corrected chi connectivity index (χ4v) is 3.13. The quantitative estimate of drug-likeness (QED) is 0.762. The van der Waals surface area contributed by atoms with Crippen LogP contribution >= 0.6 is 0 Å². The highest BCUT2D eigenvalue weighted by molar-refractivity contribution is 4.94. The summed E-state index contributed by atoms with van der Waals surface area (Å²) >= 11 is 0. The number of hydrogen-bond acceptors (Lipinski definition) is 4. The maximum atomic E-state index is 6.06. The summed E-state index contributed by atoms with van der Waals surface area (Å²) < 4.78 is 11.7. The van der Waals surface area contributed by atoms with Crippen molar-refractivity contribution < 1.29 is 9.47 Å². The maximum Gasteiger partial charge on any atom is 0.0776 e. The Kier molecular flexibility index (Phi) is 7.17. The zero-order valence-corrected chi connectivity index (χ0v) is 13.9. The van der Waals surface area contributed by atoms with Crippen LogP contribution in [0.5, 0.6) is 0 Å². The second-order valence-corrected chi connectivity index (χ2v) is 6.50. The lowest BCUT2D eigenvalue weighted by Gasteiger charge is -2.38. The van der Waals surface area contributed by atoms with Crippen LogP contribution in [0, 0.1) is 0 Å². The molecule has 2 fully saturated rings. The molecule has 0 amide bonds. The van der Waals surface area contributed by atoms with E-state index in [2.05, 4.69) is 37.1 Å². The molecule has 4 nitrogen and oxygen atoms in total. The monoisotopic (exact) mass is 296 g/mol. The SMILES string of the molecule is CCN1CCC(N[C@@H]2COCC[C@@H]2OCC=C(C)C)CC1. The van der Waals surface area contributed by atoms with E-state index in [9.17, 15) is 0 Å². The van der Waals surface area contributed by atoms with Gasteiger partial charge < -0.3 is 19.7 Å². The molecule has 0 bridgehead atoms. The van der Waals surface area contributed by atoms with Gasteiger partial charge in [0.1, 0.15) is 0 Å². The van der Waals surface area contributed by atoms with Gasteiger partial charge in [0, 0.05) is 12.6 Å². The van der Waals surface area contributed by atoms with Gasteiger partial charge in [-0.3, -0.25) is 0 Å². The summed E-state index contributed by atoms with van der Waals surface area (Å²) in [6.07, 6.45) is 5.93. The molecule has 2 rings (SSSR count). The van der Waals surface area contributed by atoms with Crippen LogP contribution in [0.25, 0.3) is 0 Å². The fraction of sp³-hybridized carbons (Fsp3) is 0.882. The molecule has 4 heteroatoms. The van der Waals surface area contributed by atoms with Crippen LogP contribution in [0.4, 0.5) is 0 Å². The molecular formula is C17H32N2O2. The van der Waals surface area contributed by atoms with E-state index in [-0.39, 0.29) is 0 Å². The molecule has 0 spiro atoms. The molecule has 2 aliphatic rings. The van der Waals surface area contributed by atoms with E-state index in [4.69, 9.17) is 9.47 Å². The van der Waals surface area contributed by atoms with Crippen molar-refractivity contribution in [2.24, 2.45) is 0 Å². The molecule has 0 aliphatic carbocycles. The number of piperidine rings is 1. The van der Waals surface area contributed by atoms with Gasteiger partial charge in [0.05, 0.1) is 25.4 Å². The smallest absolute Gasteiger partial charge is 0.0776 e. The molecule has 2 atom stereocenters. The molecule has 0 radical (unpaired) electrons. The van der Waals surface area contributed by atoms with E-state index in [1.165, 1.54) is 38.0 Å². The van der Waals surface area contributed by atoms with Crippen molar-refractivity contribution in [3.05, 3.63) is 11.6 Å². The molecule has 2 aliphatic heterocycles. The van der Waals surface area contributed by atoms with Crippen molar-refractivity contribution in [3.63, 3.8) is 0 Å². The largest absolute Gasteiger partial charge is 0.380 e. The van der Waals surface area contributed by atoms with Gasteiger partial charge in [0.2, 0.25) is 0 Å². The third-order valence-electron chi connectivity index (χ3n) is 4.58. The summed E-state index contributed by atoms with van der Waals surface area (Å²) in [4.78, 5) is 2.53. The first kappa shape index (κ1) is 16.9. The topological polar surface area (TPSA) is 33.7 Å².